The summed E-state index contributed by atoms with van der Waals surface area (Å²) in [5.74, 6) is 0.847. The van der Waals surface area contributed by atoms with Crippen LogP contribution in [0.15, 0.2) is 24.3 Å². The van der Waals surface area contributed by atoms with E-state index in [9.17, 15) is 4.79 Å². The molecule has 1 amide bonds. The van der Waals surface area contributed by atoms with E-state index in [1.54, 1.807) is 0 Å². The molecule has 2 rings (SSSR count). The van der Waals surface area contributed by atoms with Gasteiger partial charge < -0.3 is 9.47 Å². The Labute approximate surface area is 114 Å². The lowest BCUT2D eigenvalue weighted by Gasteiger charge is -2.26. The summed E-state index contributed by atoms with van der Waals surface area (Å²) in [4.78, 5) is 11.6. The fourth-order valence-electron chi connectivity index (χ4n) is 1.72. The number of hydrogen-bond donors (Lipinski definition) is 1. The first-order chi connectivity index (χ1) is 8.92. The van der Waals surface area contributed by atoms with Crippen molar-refractivity contribution < 1.29 is 14.3 Å². The van der Waals surface area contributed by atoms with E-state index in [0.29, 0.717) is 11.8 Å². The molecule has 0 aromatic heterocycles. The first-order valence-electron chi connectivity index (χ1n) is 6.69. The molecule has 0 atom stereocenters. The van der Waals surface area contributed by atoms with Crippen LogP contribution in [0.1, 0.15) is 40.0 Å². The van der Waals surface area contributed by atoms with Crippen molar-refractivity contribution in [3.05, 3.63) is 24.3 Å². The average Bonchev–Trinajstić information content (AvgIpc) is 2.23. The molecule has 1 aliphatic carbocycles. The molecule has 1 fully saturated rings. The SMILES string of the molecule is CC(C)(C)OC(=O)Nc1ccc(OC2CCC2)cc1. The highest BCUT2D eigenvalue weighted by atomic mass is 16.6. The molecule has 0 heterocycles. The van der Waals surface area contributed by atoms with Gasteiger partial charge in [0.1, 0.15) is 11.4 Å². The zero-order valence-electron chi connectivity index (χ0n) is 11.7. The van der Waals surface area contributed by atoms with E-state index in [1.165, 1.54) is 6.42 Å². The molecule has 1 aromatic rings. The van der Waals surface area contributed by atoms with Gasteiger partial charge in [0, 0.05) is 5.69 Å². The largest absolute Gasteiger partial charge is 0.490 e. The minimum atomic E-state index is -0.489. The minimum absolute atomic E-state index is 0.365. The lowest BCUT2D eigenvalue weighted by Crippen LogP contribution is -2.27. The van der Waals surface area contributed by atoms with Crippen molar-refractivity contribution in [2.75, 3.05) is 5.32 Å². The van der Waals surface area contributed by atoms with Gasteiger partial charge >= 0.3 is 6.09 Å². The molecule has 19 heavy (non-hydrogen) atoms. The monoisotopic (exact) mass is 263 g/mol. The first kappa shape index (κ1) is 13.7. The van der Waals surface area contributed by atoms with Crippen LogP contribution in [0.5, 0.6) is 5.75 Å². The number of benzene rings is 1. The van der Waals surface area contributed by atoms with Crippen LogP contribution in [-0.4, -0.2) is 17.8 Å². The third-order valence-electron chi connectivity index (χ3n) is 2.85. The van der Waals surface area contributed by atoms with Crippen molar-refractivity contribution in [3.8, 4) is 5.75 Å². The van der Waals surface area contributed by atoms with Crippen LogP contribution < -0.4 is 10.1 Å². The highest BCUT2D eigenvalue weighted by molar-refractivity contribution is 5.84. The number of rotatable bonds is 3. The third-order valence-corrected chi connectivity index (χ3v) is 2.85. The Hall–Kier alpha value is -1.71. The van der Waals surface area contributed by atoms with Crippen LogP contribution in [0, 0.1) is 0 Å². The summed E-state index contributed by atoms with van der Waals surface area (Å²) in [6, 6.07) is 7.37. The van der Waals surface area contributed by atoms with E-state index < -0.39 is 11.7 Å². The summed E-state index contributed by atoms with van der Waals surface area (Å²) in [6.45, 7) is 5.51. The van der Waals surface area contributed by atoms with Gasteiger partial charge in [-0.25, -0.2) is 4.79 Å². The Balaban J connectivity index is 1.85. The van der Waals surface area contributed by atoms with E-state index in [0.717, 1.165) is 18.6 Å². The molecule has 0 aliphatic heterocycles. The molecule has 1 aliphatic rings. The van der Waals surface area contributed by atoms with Gasteiger partial charge in [-0.3, -0.25) is 5.32 Å². The van der Waals surface area contributed by atoms with E-state index in [4.69, 9.17) is 9.47 Å². The van der Waals surface area contributed by atoms with Gasteiger partial charge in [-0.2, -0.15) is 0 Å². The molecule has 1 aromatic carbocycles. The summed E-state index contributed by atoms with van der Waals surface area (Å²) in [5.41, 5.74) is 0.215. The highest BCUT2D eigenvalue weighted by Gasteiger charge is 2.19. The molecule has 0 bridgehead atoms. The van der Waals surface area contributed by atoms with Gasteiger partial charge in [-0.15, -0.1) is 0 Å². The normalized spacial score (nSPS) is 15.5. The summed E-state index contributed by atoms with van der Waals surface area (Å²) in [5, 5.41) is 2.69. The molecule has 1 saturated carbocycles. The molecule has 104 valence electrons. The maximum Gasteiger partial charge on any atom is 0.412 e. The number of anilines is 1. The topological polar surface area (TPSA) is 47.6 Å². The summed E-state index contributed by atoms with van der Waals surface area (Å²) in [6.07, 6.45) is 3.45. The number of hydrogen-bond acceptors (Lipinski definition) is 3. The van der Waals surface area contributed by atoms with Crippen LogP contribution in [0.2, 0.25) is 0 Å². The van der Waals surface area contributed by atoms with E-state index >= 15 is 0 Å². The second kappa shape index (κ2) is 5.51. The van der Waals surface area contributed by atoms with Crippen molar-refractivity contribution in [2.24, 2.45) is 0 Å². The smallest absolute Gasteiger partial charge is 0.412 e. The highest BCUT2D eigenvalue weighted by Crippen LogP contribution is 2.26. The van der Waals surface area contributed by atoms with E-state index in [2.05, 4.69) is 5.32 Å². The second-order valence-electron chi connectivity index (χ2n) is 5.82. The van der Waals surface area contributed by atoms with E-state index in [1.807, 2.05) is 45.0 Å². The van der Waals surface area contributed by atoms with Crippen LogP contribution in [0.4, 0.5) is 10.5 Å². The number of ether oxygens (including phenoxy) is 2. The molecule has 1 N–H and O–H groups in total. The van der Waals surface area contributed by atoms with Gasteiger partial charge in [0.15, 0.2) is 0 Å². The quantitative estimate of drug-likeness (QED) is 0.897. The van der Waals surface area contributed by atoms with Crippen LogP contribution >= 0.6 is 0 Å². The third kappa shape index (κ3) is 4.47. The van der Waals surface area contributed by atoms with Crippen molar-refractivity contribution in [2.45, 2.75) is 51.7 Å². The molecule has 0 unspecified atom stereocenters. The van der Waals surface area contributed by atoms with Crippen LogP contribution in [0.25, 0.3) is 0 Å². The molecule has 4 heteroatoms. The number of nitrogens with one attached hydrogen (secondary N) is 1. The standard InChI is InChI=1S/C15H21NO3/c1-15(2,3)19-14(17)16-11-7-9-13(10-8-11)18-12-5-4-6-12/h7-10,12H,4-6H2,1-3H3,(H,16,17). The Morgan fingerprint density at radius 3 is 2.32 bits per heavy atom. The molecular formula is C15H21NO3. The first-order valence-corrected chi connectivity index (χ1v) is 6.69. The molecule has 0 spiro atoms. The van der Waals surface area contributed by atoms with Crippen LogP contribution in [-0.2, 0) is 4.74 Å². The Bertz CT molecular complexity index is 430. The second-order valence-corrected chi connectivity index (χ2v) is 5.82. The van der Waals surface area contributed by atoms with Crippen LogP contribution in [0.3, 0.4) is 0 Å². The fraction of sp³-hybridized carbons (Fsp3) is 0.533. The van der Waals surface area contributed by atoms with Gasteiger partial charge in [0.05, 0.1) is 6.10 Å². The van der Waals surface area contributed by atoms with Gasteiger partial charge in [0.25, 0.3) is 0 Å². The van der Waals surface area contributed by atoms with E-state index in [-0.39, 0.29) is 0 Å². The number of amides is 1. The zero-order chi connectivity index (χ0) is 13.9. The number of carbonyl (C=O) groups is 1. The van der Waals surface area contributed by atoms with Crippen molar-refractivity contribution in [1.29, 1.82) is 0 Å². The van der Waals surface area contributed by atoms with Crippen molar-refractivity contribution in [1.82, 2.24) is 0 Å². The lowest BCUT2D eigenvalue weighted by atomic mass is 9.96. The zero-order valence-corrected chi connectivity index (χ0v) is 11.7. The average molecular weight is 263 g/mol. The lowest BCUT2D eigenvalue weighted by molar-refractivity contribution is 0.0636. The fourth-order valence-corrected chi connectivity index (χ4v) is 1.72. The maximum absolute atomic E-state index is 11.6. The molecular weight excluding hydrogens is 242 g/mol. The van der Waals surface area contributed by atoms with Gasteiger partial charge in [0.2, 0.25) is 0 Å². The van der Waals surface area contributed by atoms with Gasteiger partial charge in [-0.05, 0) is 64.3 Å². The summed E-state index contributed by atoms with van der Waals surface area (Å²) >= 11 is 0. The Morgan fingerprint density at radius 2 is 1.84 bits per heavy atom. The summed E-state index contributed by atoms with van der Waals surface area (Å²) in [7, 11) is 0. The van der Waals surface area contributed by atoms with Gasteiger partial charge in [-0.1, -0.05) is 0 Å². The number of carbonyl (C=O) groups excluding carboxylic acids is 1. The summed E-state index contributed by atoms with van der Waals surface area (Å²) < 4.78 is 10.9. The predicted octanol–water partition coefficient (Wildman–Crippen LogP) is 3.96. The predicted molar refractivity (Wildman–Crippen MR) is 74.6 cm³/mol. The minimum Gasteiger partial charge on any atom is -0.490 e. The van der Waals surface area contributed by atoms with Crippen molar-refractivity contribution in [3.63, 3.8) is 0 Å². The molecule has 4 nitrogen and oxygen atoms in total. The van der Waals surface area contributed by atoms with Crippen molar-refractivity contribution >= 4 is 11.8 Å². The molecule has 0 saturated heterocycles. The Kier molecular flexibility index (Phi) is 3.98. The maximum atomic E-state index is 11.6. The molecule has 0 radical (unpaired) electrons. The Morgan fingerprint density at radius 1 is 1.21 bits per heavy atom.